The van der Waals surface area contributed by atoms with E-state index in [2.05, 4.69) is 74.3 Å². The molecule has 0 aliphatic rings. The molecule has 0 atom stereocenters. The topological polar surface area (TPSA) is 46.9 Å². The first kappa shape index (κ1) is 23.2. The van der Waals surface area contributed by atoms with Crippen LogP contribution in [-0.2, 0) is 13.0 Å². The standard InChI is InChI=1S/C28H30BrN3O/c1-20-11-16-24(21(2)18-20)28(33)30-17-7-3-4-10-27-31-25-8-5-6-9-26(25)32(27)19-22-12-14-23(29)15-13-22/h5-6,8-9,11-16,18H,3-4,7,10,17,19H2,1-2H3,(H,30,33). The van der Waals surface area contributed by atoms with Gasteiger partial charge in [-0.3, -0.25) is 4.79 Å². The molecular formula is C28H30BrN3O. The minimum absolute atomic E-state index is 0.0174. The number of benzene rings is 3. The maximum atomic E-state index is 12.4. The molecule has 0 saturated heterocycles. The van der Waals surface area contributed by atoms with E-state index >= 15 is 0 Å². The molecule has 0 fully saturated rings. The van der Waals surface area contributed by atoms with Crippen molar-refractivity contribution in [1.29, 1.82) is 0 Å². The largest absolute Gasteiger partial charge is 0.352 e. The molecule has 0 unspecified atom stereocenters. The average Bonchev–Trinajstić information content (AvgIpc) is 3.14. The van der Waals surface area contributed by atoms with Gasteiger partial charge in [-0.15, -0.1) is 0 Å². The number of para-hydroxylation sites is 2. The number of rotatable bonds is 9. The molecule has 4 nitrogen and oxygen atoms in total. The molecule has 1 N–H and O–H groups in total. The fourth-order valence-corrected chi connectivity index (χ4v) is 4.48. The van der Waals surface area contributed by atoms with Gasteiger partial charge in [0.25, 0.3) is 5.91 Å². The Hall–Kier alpha value is -2.92. The Labute approximate surface area is 204 Å². The summed E-state index contributed by atoms with van der Waals surface area (Å²) in [6.07, 6.45) is 3.98. The van der Waals surface area contributed by atoms with E-state index < -0.39 is 0 Å². The Morgan fingerprint density at radius 3 is 2.55 bits per heavy atom. The third-order valence-corrected chi connectivity index (χ3v) is 6.51. The van der Waals surface area contributed by atoms with Crippen LogP contribution in [0.1, 0.15) is 52.1 Å². The quantitative estimate of drug-likeness (QED) is 0.261. The van der Waals surface area contributed by atoms with Gasteiger partial charge >= 0.3 is 0 Å². The molecule has 0 saturated carbocycles. The van der Waals surface area contributed by atoms with Gasteiger partial charge in [0.1, 0.15) is 5.82 Å². The summed E-state index contributed by atoms with van der Waals surface area (Å²) in [4.78, 5) is 17.4. The third kappa shape index (κ3) is 5.91. The first-order valence-corrected chi connectivity index (χ1v) is 12.3. The average molecular weight is 504 g/mol. The van der Waals surface area contributed by atoms with E-state index in [-0.39, 0.29) is 5.91 Å². The molecule has 1 amide bonds. The molecular weight excluding hydrogens is 474 g/mol. The lowest BCUT2D eigenvalue weighted by molar-refractivity contribution is 0.0952. The predicted octanol–water partition coefficient (Wildman–Crippen LogP) is 6.61. The van der Waals surface area contributed by atoms with Crippen LogP contribution in [0.4, 0.5) is 0 Å². The summed E-state index contributed by atoms with van der Waals surface area (Å²) in [6.45, 7) is 5.54. The molecule has 0 spiro atoms. The van der Waals surface area contributed by atoms with Gasteiger partial charge < -0.3 is 9.88 Å². The number of nitrogens with one attached hydrogen (secondary N) is 1. The number of aromatic nitrogens is 2. The highest BCUT2D eigenvalue weighted by Crippen LogP contribution is 2.20. The SMILES string of the molecule is Cc1ccc(C(=O)NCCCCCc2nc3ccccc3n2Cc2ccc(Br)cc2)c(C)c1. The number of nitrogens with zero attached hydrogens (tertiary/aromatic N) is 2. The van der Waals surface area contributed by atoms with Crippen molar-refractivity contribution in [2.75, 3.05) is 6.54 Å². The van der Waals surface area contributed by atoms with Crippen LogP contribution < -0.4 is 5.32 Å². The number of hydrogen-bond donors (Lipinski definition) is 1. The first-order valence-electron chi connectivity index (χ1n) is 11.6. The third-order valence-electron chi connectivity index (χ3n) is 5.98. The second-order valence-electron chi connectivity index (χ2n) is 8.61. The molecule has 0 radical (unpaired) electrons. The summed E-state index contributed by atoms with van der Waals surface area (Å²) in [5, 5.41) is 3.06. The smallest absolute Gasteiger partial charge is 0.251 e. The highest BCUT2D eigenvalue weighted by Gasteiger charge is 2.11. The van der Waals surface area contributed by atoms with Gasteiger partial charge in [-0.05, 0) is 68.1 Å². The number of halogens is 1. The number of carbonyl (C=O) groups excluding carboxylic acids is 1. The number of carbonyl (C=O) groups is 1. The van der Waals surface area contributed by atoms with E-state index in [0.717, 1.165) is 59.2 Å². The molecule has 5 heteroatoms. The van der Waals surface area contributed by atoms with Crippen LogP contribution >= 0.6 is 15.9 Å². The van der Waals surface area contributed by atoms with Crippen molar-refractivity contribution in [2.45, 2.75) is 46.1 Å². The van der Waals surface area contributed by atoms with Crippen molar-refractivity contribution < 1.29 is 4.79 Å². The highest BCUT2D eigenvalue weighted by molar-refractivity contribution is 9.10. The summed E-state index contributed by atoms with van der Waals surface area (Å²) in [5.74, 6) is 1.14. The van der Waals surface area contributed by atoms with E-state index in [1.807, 2.05) is 32.0 Å². The second-order valence-corrected chi connectivity index (χ2v) is 9.53. The number of amides is 1. The van der Waals surface area contributed by atoms with E-state index in [4.69, 9.17) is 4.98 Å². The van der Waals surface area contributed by atoms with Gasteiger partial charge in [-0.1, -0.05) is 64.3 Å². The maximum absolute atomic E-state index is 12.4. The summed E-state index contributed by atoms with van der Waals surface area (Å²) >= 11 is 3.52. The summed E-state index contributed by atoms with van der Waals surface area (Å²) < 4.78 is 3.42. The molecule has 0 bridgehead atoms. The summed E-state index contributed by atoms with van der Waals surface area (Å²) in [7, 11) is 0. The van der Waals surface area contributed by atoms with E-state index in [1.54, 1.807) is 0 Å². The van der Waals surface area contributed by atoms with Crippen LogP contribution in [0.25, 0.3) is 11.0 Å². The van der Waals surface area contributed by atoms with E-state index in [0.29, 0.717) is 6.54 Å². The Morgan fingerprint density at radius 2 is 1.76 bits per heavy atom. The molecule has 170 valence electrons. The zero-order valence-electron chi connectivity index (χ0n) is 19.3. The van der Waals surface area contributed by atoms with Gasteiger partial charge in [-0.2, -0.15) is 0 Å². The van der Waals surface area contributed by atoms with E-state index in [9.17, 15) is 4.79 Å². The van der Waals surface area contributed by atoms with Gasteiger partial charge in [0.2, 0.25) is 0 Å². The maximum Gasteiger partial charge on any atom is 0.251 e. The highest BCUT2D eigenvalue weighted by atomic mass is 79.9. The number of aryl methyl sites for hydroxylation is 3. The number of fused-ring (bicyclic) bond motifs is 1. The fourth-order valence-electron chi connectivity index (χ4n) is 4.22. The van der Waals surface area contributed by atoms with Crippen molar-refractivity contribution in [3.63, 3.8) is 0 Å². The van der Waals surface area contributed by atoms with Gasteiger partial charge in [0, 0.05) is 29.5 Å². The summed E-state index contributed by atoms with van der Waals surface area (Å²) in [5.41, 5.74) is 6.45. The molecule has 1 heterocycles. The Morgan fingerprint density at radius 1 is 0.970 bits per heavy atom. The van der Waals surface area contributed by atoms with Crippen LogP contribution in [0.15, 0.2) is 71.2 Å². The van der Waals surface area contributed by atoms with Gasteiger partial charge in [0.05, 0.1) is 11.0 Å². The molecule has 0 aliphatic heterocycles. The number of unbranched alkanes of at least 4 members (excludes halogenated alkanes) is 2. The normalized spacial score (nSPS) is 11.1. The number of imidazole rings is 1. The van der Waals surface area contributed by atoms with Crippen LogP contribution in [0.5, 0.6) is 0 Å². The molecule has 1 aromatic heterocycles. The Bertz CT molecular complexity index is 1240. The van der Waals surface area contributed by atoms with Crippen LogP contribution in [0.2, 0.25) is 0 Å². The Kier molecular flexibility index (Phi) is 7.61. The van der Waals surface area contributed by atoms with Crippen molar-refractivity contribution in [3.05, 3.63) is 99.3 Å². The second kappa shape index (κ2) is 10.8. The molecule has 3 aromatic carbocycles. The Balaban J connectivity index is 1.32. The monoisotopic (exact) mass is 503 g/mol. The van der Waals surface area contributed by atoms with Gasteiger partial charge in [-0.25, -0.2) is 4.98 Å². The van der Waals surface area contributed by atoms with Crippen molar-refractivity contribution in [1.82, 2.24) is 14.9 Å². The zero-order valence-corrected chi connectivity index (χ0v) is 20.9. The zero-order chi connectivity index (χ0) is 23.2. The van der Waals surface area contributed by atoms with Crippen molar-refractivity contribution >= 4 is 32.9 Å². The lowest BCUT2D eigenvalue weighted by atomic mass is 10.1. The first-order chi connectivity index (χ1) is 16.0. The summed E-state index contributed by atoms with van der Waals surface area (Å²) in [6, 6.07) is 22.8. The van der Waals surface area contributed by atoms with Crippen molar-refractivity contribution in [2.24, 2.45) is 0 Å². The fraction of sp³-hybridized carbons (Fsp3) is 0.286. The van der Waals surface area contributed by atoms with Crippen LogP contribution in [-0.4, -0.2) is 22.0 Å². The van der Waals surface area contributed by atoms with Crippen molar-refractivity contribution in [3.8, 4) is 0 Å². The predicted molar refractivity (Wildman–Crippen MR) is 139 cm³/mol. The molecule has 4 aromatic rings. The lowest BCUT2D eigenvalue weighted by Crippen LogP contribution is -2.25. The molecule has 0 aliphatic carbocycles. The molecule has 4 rings (SSSR count). The minimum Gasteiger partial charge on any atom is -0.352 e. The van der Waals surface area contributed by atoms with E-state index in [1.165, 1.54) is 16.6 Å². The van der Waals surface area contributed by atoms with Gasteiger partial charge in [0.15, 0.2) is 0 Å². The van der Waals surface area contributed by atoms with Crippen LogP contribution in [0, 0.1) is 13.8 Å². The number of hydrogen-bond acceptors (Lipinski definition) is 2. The molecule has 33 heavy (non-hydrogen) atoms. The minimum atomic E-state index is 0.0174. The lowest BCUT2D eigenvalue weighted by Gasteiger charge is -2.10. The van der Waals surface area contributed by atoms with Crippen LogP contribution in [0.3, 0.4) is 0 Å².